The van der Waals surface area contributed by atoms with Gasteiger partial charge in [0, 0.05) is 26.3 Å². The molecule has 0 aliphatic carbocycles. The van der Waals surface area contributed by atoms with E-state index in [1.54, 1.807) is 6.07 Å². The third kappa shape index (κ3) is 3.10. The topological polar surface area (TPSA) is 62.7 Å². The SMILES string of the molecule is CN(C)c1cccc(C2CCCN2C(=O)c2coc(CN)c2)c1. The lowest BCUT2D eigenvalue weighted by molar-refractivity contribution is 0.0735. The van der Waals surface area contributed by atoms with Crippen molar-refractivity contribution >= 4 is 11.6 Å². The van der Waals surface area contributed by atoms with Crippen LogP contribution in [-0.4, -0.2) is 31.4 Å². The second-order valence-corrected chi connectivity index (χ2v) is 6.15. The molecule has 2 heterocycles. The van der Waals surface area contributed by atoms with Crippen LogP contribution in [0.4, 0.5) is 5.69 Å². The van der Waals surface area contributed by atoms with Gasteiger partial charge in [-0.25, -0.2) is 0 Å². The summed E-state index contributed by atoms with van der Waals surface area (Å²) >= 11 is 0. The van der Waals surface area contributed by atoms with Crippen LogP contribution in [0.5, 0.6) is 0 Å². The van der Waals surface area contributed by atoms with Crippen molar-refractivity contribution < 1.29 is 9.21 Å². The molecule has 2 aromatic rings. The Kier molecular flexibility index (Phi) is 4.39. The number of likely N-dealkylation sites (tertiary alicyclic amines) is 1. The Labute approximate surface area is 136 Å². The average molecular weight is 313 g/mol. The molecule has 1 aromatic carbocycles. The lowest BCUT2D eigenvalue weighted by Crippen LogP contribution is -2.30. The van der Waals surface area contributed by atoms with Crippen LogP contribution >= 0.6 is 0 Å². The first kappa shape index (κ1) is 15.6. The van der Waals surface area contributed by atoms with Gasteiger partial charge >= 0.3 is 0 Å². The van der Waals surface area contributed by atoms with E-state index in [1.165, 1.54) is 11.8 Å². The molecule has 0 bridgehead atoms. The van der Waals surface area contributed by atoms with Crippen LogP contribution in [0, 0.1) is 0 Å². The zero-order valence-corrected chi connectivity index (χ0v) is 13.7. The molecule has 23 heavy (non-hydrogen) atoms. The number of nitrogens with two attached hydrogens (primary N) is 1. The molecule has 122 valence electrons. The molecule has 0 saturated carbocycles. The second kappa shape index (κ2) is 6.46. The van der Waals surface area contributed by atoms with E-state index in [0.29, 0.717) is 17.9 Å². The molecular weight excluding hydrogens is 290 g/mol. The third-order valence-corrected chi connectivity index (χ3v) is 4.39. The quantitative estimate of drug-likeness (QED) is 0.943. The Bertz CT molecular complexity index is 693. The summed E-state index contributed by atoms with van der Waals surface area (Å²) in [6, 6.07) is 10.3. The Morgan fingerprint density at radius 3 is 2.91 bits per heavy atom. The highest BCUT2D eigenvalue weighted by molar-refractivity contribution is 5.94. The number of benzene rings is 1. The highest BCUT2D eigenvalue weighted by Gasteiger charge is 2.31. The van der Waals surface area contributed by atoms with E-state index in [0.717, 1.165) is 25.1 Å². The molecule has 1 aliphatic rings. The maximum absolute atomic E-state index is 12.8. The second-order valence-electron chi connectivity index (χ2n) is 6.15. The summed E-state index contributed by atoms with van der Waals surface area (Å²) in [6.45, 7) is 1.08. The molecule has 1 unspecified atom stereocenters. The van der Waals surface area contributed by atoms with Crippen molar-refractivity contribution in [2.24, 2.45) is 5.73 Å². The predicted molar refractivity (Wildman–Crippen MR) is 90.4 cm³/mol. The van der Waals surface area contributed by atoms with Crippen molar-refractivity contribution in [1.82, 2.24) is 4.90 Å². The van der Waals surface area contributed by atoms with Crippen molar-refractivity contribution in [2.75, 3.05) is 25.5 Å². The number of amides is 1. The van der Waals surface area contributed by atoms with E-state index < -0.39 is 0 Å². The van der Waals surface area contributed by atoms with Gasteiger partial charge in [0.2, 0.25) is 0 Å². The summed E-state index contributed by atoms with van der Waals surface area (Å²) in [5, 5.41) is 0. The minimum Gasteiger partial charge on any atom is -0.467 e. The summed E-state index contributed by atoms with van der Waals surface area (Å²) < 4.78 is 5.31. The number of hydrogen-bond acceptors (Lipinski definition) is 4. The summed E-state index contributed by atoms with van der Waals surface area (Å²) in [4.78, 5) is 16.8. The van der Waals surface area contributed by atoms with Crippen molar-refractivity contribution in [1.29, 1.82) is 0 Å². The van der Waals surface area contributed by atoms with E-state index in [4.69, 9.17) is 10.2 Å². The standard InChI is InChI=1S/C18H23N3O2/c1-20(2)15-6-3-5-13(9-15)17-7-4-8-21(17)18(22)14-10-16(11-19)23-12-14/h3,5-6,9-10,12,17H,4,7-8,11,19H2,1-2H3. The number of carbonyl (C=O) groups is 1. The zero-order valence-electron chi connectivity index (χ0n) is 13.7. The van der Waals surface area contributed by atoms with Crippen molar-refractivity contribution in [3.05, 3.63) is 53.5 Å². The third-order valence-electron chi connectivity index (χ3n) is 4.39. The summed E-state index contributed by atoms with van der Waals surface area (Å²) in [7, 11) is 4.05. The first-order valence-electron chi connectivity index (χ1n) is 7.96. The van der Waals surface area contributed by atoms with Crippen molar-refractivity contribution in [3.63, 3.8) is 0 Å². The van der Waals surface area contributed by atoms with Crippen LogP contribution in [-0.2, 0) is 6.54 Å². The molecule has 1 aromatic heterocycles. The van der Waals surface area contributed by atoms with Gasteiger partial charge in [-0.05, 0) is 36.6 Å². The summed E-state index contributed by atoms with van der Waals surface area (Å²) in [6.07, 6.45) is 3.52. The Balaban J connectivity index is 1.85. The molecule has 5 heteroatoms. The molecule has 1 amide bonds. The van der Waals surface area contributed by atoms with Crippen molar-refractivity contribution in [2.45, 2.75) is 25.4 Å². The van der Waals surface area contributed by atoms with Gasteiger partial charge in [0.05, 0.1) is 18.2 Å². The van der Waals surface area contributed by atoms with Crippen molar-refractivity contribution in [3.8, 4) is 0 Å². The average Bonchev–Trinajstić information content (AvgIpc) is 3.23. The van der Waals surface area contributed by atoms with E-state index in [-0.39, 0.29) is 11.9 Å². The number of furan rings is 1. The van der Waals surface area contributed by atoms with Gasteiger partial charge in [0.15, 0.2) is 0 Å². The lowest BCUT2D eigenvalue weighted by atomic mass is 10.0. The monoisotopic (exact) mass is 313 g/mol. The lowest BCUT2D eigenvalue weighted by Gasteiger charge is -2.25. The van der Waals surface area contributed by atoms with Crippen LogP contribution in [0.15, 0.2) is 41.0 Å². The first-order chi connectivity index (χ1) is 11.1. The highest BCUT2D eigenvalue weighted by Crippen LogP contribution is 2.34. The molecule has 1 saturated heterocycles. The molecule has 1 atom stereocenters. The fourth-order valence-electron chi connectivity index (χ4n) is 3.13. The molecule has 5 nitrogen and oxygen atoms in total. The summed E-state index contributed by atoms with van der Waals surface area (Å²) in [5.41, 5.74) is 8.47. The number of carbonyl (C=O) groups excluding carboxylic acids is 1. The van der Waals surface area contributed by atoms with E-state index in [9.17, 15) is 4.79 Å². The van der Waals surface area contributed by atoms with Crippen LogP contribution in [0.2, 0.25) is 0 Å². The molecule has 0 spiro atoms. The number of hydrogen-bond donors (Lipinski definition) is 1. The van der Waals surface area contributed by atoms with Gasteiger partial charge in [-0.3, -0.25) is 4.79 Å². The fraction of sp³-hybridized carbons (Fsp3) is 0.389. The molecule has 1 fully saturated rings. The fourth-order valence-corrected chi connectivity index (χ4v) is 3.13. The minimum atomic E-state index is 0.0196. The van der Waals surface area contributed by atoms with Gasteiger partial charge in [-0.2, -0.15) is 0 Å². The molecule has 2 N–H and O–H groups in total. The largest absolute Gasteiger partial charge is 0.467 e. The van der Waals surface area contributed by atoms with Crippen LogP contribution in [0.25, 0.3) is 0 Å². The molecule has 1 aliphatic heterocycles. The van der Waals surface area contributed by atoms with Gasteiger partial charge < -0.3 is 20.0 Å². The van der Waals surface area contributed by atoms with Crippen LogP contribution in [0.3, 0.4) is 0 Å². The van der Waals surface area contributed by atoms with Gasteiger partial charge in [-0.15, -0.1) is 0 Å². The smallest absolute Gasteiger partial charge is 0.257 e. The van der Waals surface area contributed by atoms with E-state index in [1.807, 2.05) is 19.0 Å². The Morgan fingerprint density at radius 1 is 1.39 bits per heavy atom. The van der Waals surface area contributed by atoms with Crippen LogP contribution in [0.1, 0.15) is 40.6 Å². The predicted octanol–water partition coefficient (Wildman–Crippen LogP) is 2.78. The number of nitrogens with zero attached hydrogens (tertiary/aromatic N) is 2. The summed E-state index contributed by atoms with van der Waals surface area (Å²) in [5.74, 6) is 0.657. The molecule has 3 rings (SSSR count). The van der Waals surface area contributed by atoms with Gasteiger partial charge in [0.1, 0.15) is 12.0 Å². The highest BCUT2D eigenvalue weighted by atomic mass is 16.3. The molecule has 0 radical (unpaired) electrons. The minimum absolute atomic E-state index is 0.0196. The maximum atomic E-state index is 12.8. The number of rotatable bonds is 4. The Morgan fingerprint density at radius 2 is 2.22 bits per heavy atom. The van der Waals surface area contributed by atoms with Gasteiger partial charge in [-0.1, -0.05) is 12.1 Å². The normalized spacial score (nSPS) is 17.5. The zero-order chi connectivity index (χ0) is 16.4. The van der Waals surface area contributed by atoms with Crippen LogP contribution < -0.4 is 10.6 Å². The first-order valence-corrected chi connectivity index (χ1v) is 7.96. The molecular formula is C18H23N3O2. The maximum Gasteiger partial charge on any atom is 0.257 e. The Hall–Kier alpha value is -2.27. The van der Waals surface area contributed by atoms with Gasteiger partial charge in [0.25, 0.3) is 5.91 Å². The van der Waals surface area contributed by atoms with E-state index in [2.05, 4.69) is 29.2 Å². The van der Waals surface area contributed by atoms with E-state index >= 15 is 0 Å². The number of anilines is 1.